The second-order valence-electron chi connectivity index (χ2n) is 0.931. The smallest absolute Gasteiger partial charge is 0.221 e. The van der Waals surface area contributed by atoms with Crippen molar-refractivity contribution in [2.24, 2.45) is 0 Å². The first-order chi connectivity index (χ1) is 3.43. The van der Waals surface area contributed by atoms with Gasteiger partial charge >= 0.3 is 0 Å². The summed E-state index contributed by atoms with van der Waals surface area (Å²) in [7, 11) is 0. The van der Waals surface area contributed by atoms with Gasteiger partial charge in [0.15, 0.2) is 13.1 Å². The van der Waals surface area contributed by atoms with Crippen LogP contribution < -0.4 is 0 Å². The summed E-state index contributed by atoms with van der Waals surface area (Å²) in [4.78, 5) is 3.25. The van der Waals surface area contributed by atoms with E-state index in [4.69, 9.17) is 0 Å². The number of aromatic nitrogens is 3. The number of alkyl halides is 1. The Balaban J connectivity index is 2.76. The van der Waals surface area contributed by atoms with Crippen LogP contribution in [0.15, 0.2) is 0 Å². The van der Waals surface area contributed by atoms with Gasteiger partial charge < -0.3 is 0 Å². The van der Waals surface area contributed by atoms with Gasteiger partial charge in [-0.05, 0) is 0 Å². The zero-order valence-corrected chi connectivity index (χ0v) is 3.43. The van der Waals surface area contributed by atoms with Crippen LogP contribution in [-0.4, -0.2) is 14.8 Å². The highest BCUT2D eigenvalue weighted by Crippen LogP contribution is 1.75. The molecular formula is C3H2FN3. The van der Waals surface area contributed by atoms with Gasteiger partial charge in [0.1, 0.15) is 0 Å². The molecule has 1 heterocycles. The summed E-state index contributed by atoms with van der Waals surface area (Å²) in [6, 6.07) is 0. The zero-order chi connectivity index (χ0) is 5.11. The van der Waals surface area contributed by atoms with Crippen LogP contribution in [-0.2, 0) is 6.80 Å². The van der Waals surface area contributed by atoms with Gasteiger partial charge in [0.05, 0.1) is 0 Å². The monoisotopic (exact) mass is 99.0 g/mol. The van der Waals surface area contributed by atoms with E-state index in [1.54, 1.807) is 0 Å². The van der Waals surface area contributed by atoms with E-state index in [0.717, 1.165) is 4.68 Å². The Morgan fingerprint density at radius 3 is 2.86 bits per heavy atom. The van der Waals surface area contributed by atoms with Gasteiger partial charge in [-0.25, -0.2) is 14.1 Å². The largest absolute Gasteiger partial charge is 0.225 e. The van der Waals surface area contributed by atoms with E-state index in [1.165, 1.54) is 0 Å². The molecule has 1 aromatic heterocycles. The number of hydrogen-bond donors (Lipinski definition) is 0. The number of nitrogens with zero attached hydrogens (tertiary/aromatic N) is 3. The average molecular weight is 99.1 g/mol. The second-order valence-corrected chi connectivity index (χ2v) is 0.931. The summed E-state index contributed by atoms with van der Waals surface area (Å²) in [5.41, 5.74) is 0. The average Bonchev–Trinajstić information content (AvgIpc) is 2.14. The fourth-order valence-electron chi connectivity index (χ4n) is 0.232. The molecule has 0 aliphatic rings. The molecule has 3 nitrogen and oxygen atoms in total. The highest BCUT2D eigenvalue weighted by Gasteiger charge is 1.84. The minimum atomic E-state index is -0.684. The van der Waals surface area contributed by atoms with E-state index in [-0.39, 0.29) is 0 Å². The van der Waals surface area contributed by atoms with Gasteiger partial charge in [0.25, 0.3) is 0 Å². The molecule has 0 aliphatic heterocycles. The van der Waals surface area contributed by atoms with E-state index in [2.05, 4.69) is 22.7 Å². The van der Waals surface area contributed by atoms with Crippen molar-refractivity contribution in [2.75, 3.05) is 0 Å². The molecule has 0 unspecified atom stereocenters. The maximum absolute atomic E-state index is 11.4. The van der Waals surface area contributed by atoms with Crippen LogP contribution in [0.2, 0.25) is 0 Å². The fraction of sp³-hybridized carbons (Fsp3) is 0.333. The molecule has 4 heteroatoms. The maximum atomic E-state index is 11.4. The highest BCUT2D eigenvalue weighted by molar-refractivity contribution is 4.45. The minimum Gasteiger partial charge on any atom is -0.225 e. The molecule has 0 saturated carbocycles. The summed E-state index contributed by atoms with van der Waals surface area (Å²) in [6.45, 7) is -0.684. The third kappa shape index (κ3) is 0.734. The lowest BCUT2D eigenvalue weighted by molar-refractivity contribution is 0.347. The molecule has 0 fully saturated rings. The molecule has 1 aromatic rings. The first-order valence-electron chi connectivity index (χ1n) is 1.68. The maximum Gasteiger partial charge on any atom is 0.221 e. The van der Waals surface area contributed by atoms with E-state index >= 15 is 0 Å². The lowest BCUT2D eigenvalue weighted by atomic mass is 11.2. The molecule has 7 heavy (non-hydrogen) atoms. The Morgan fingerprint density at radius 1 is 1.71 bits per heavy atom. The lowest BCUT2D eigenvalue weighted by Gasteiger charge is -1.80. The van der Waals surface area contributed by atoms with Crippen LogP contribution in [0.25, 0.3) is 0 Å². The van der Waals surface area contributed by atoms with E-state index in [9.17, 15) is 4.39 Å². The highest BCUT2D eigenvalue weighted by atomic mass is 19.1. The molecule has 0 saturated heterocycles. The van der Waals surface area contributed by atoms with Gasteiger partial charge in [-0.2, -0.15) is 0 Å². The summed E-state index contributed by atoms with van der Waals surface area (Å²) in [5, 5.41) is 3.28. The third-order valence-electron chi connectivity index (χ3n) is 0.494. The van der Waals surface area contributed by atoms with Gasteiger partial charge in [-0.1, -0.05) is 0 Å². The predicted molar refractivity (Wildman–Crippen MR) is 18.8 cm³/mol. The van der Waals surface area contributed by atoms with Crippen LogP contribution in [0.5, 0.6) is 0 Å². The first-order valence-corrected chi connectivity index (χ1v) is 1.68. The predicted octanol–water partition coefficient (Wildman–Crippen LogP) is -0.195. The van der Waals surface area contributed by atoms with Crippen molar-refractivity contribution < 1.29 is 4.39 Å². The Hall–Kier alpha value is -0.930. The van der Waals surface area contributed by atoms with Crippen molar-refractivity contribution >= 4 is 0 Å². The van der Waals surface area contributed by atoms with Crippen molar-refractivity contribution in [3.05, 3.63) is 12.7 Å². The van der Waals surface area contributed by atoms with Crippen molar-refractivity contribution in [1.82, 2.24) is 14.8 Å². The van der Waals surface area contributed by atoms with Crippen LogP contribution in [0.3, 0.4) is 0 Å². The van der Waals surface area contributed by atoms with Crippen molar-refractivity contribution in [3.63, 3.8) is 0 Å². The van der Waals surface area contributed by atoms with Crippen molar-refractivity contribution in [1.29, 1.82) is 0 Å². The number of rotatable bonds is 1. The third-order valence-corrected chi connectivity index (χ3v) is 0.494. The molecule has 36 valence electrons. The number of hydrogen-bond acceptors (Lipinski definition) is 2. The van der Waals surface area contributed by atoms with Crippen LogP contribution in [0, 0.1) is 12.7 Å². The lowest BCUT2D eigenvalue weighted by Crippen LogP contribution is -1.91. The first kappa shape index (κ1) is 4.23. The zero-order valence-electron chi connectivity index (χ0n) is 3.43. The Kier molecular flexibility index (Phi) is 1.02. The number of halogens is 1. The van der Waals surface area contributed by atoms with Crippen molar-refractivity contribution in [2.45, 2.75) is 6.80 Å². The topological polar surface area (TPSA) is 30.7 Å². The van der Waals surface area contributed by atoms with E-state index < -0.39 is 6.80 Å². The fourth-order valence-corrected chi connectivity index (χ4v) is 0.232. The van der Waals surface area contributed by atoms with E-state index in [1.807, 2.05) is 0 Å². The quantitative estimate of drug-likeness (QED) is 0.488. The Bertz CT molecular complexity index is 125. The molecule has 2 radical (unpaired) electrons. The molecule has 0 N–H and O–H groups in total. The van der Waals surface area contributed by atoms with Crippen molar-refractivity contribution in [3.8, 4) is 0 Å². The summed E-state index contributed by atoms with van der Waals surface area (Å²) < 4.78 is 12.3. The Labute approximate surface area is 39.8 Å². The van der Waals surface area contributed by atoms with Crippen LogP contribution in [0.4, 0.5) is 4.39 Å². The standard InChI is InChI=1S/C3H2FN3/c4-1-7-3-5-2-6-7/h1H2. The van der Waals surface area contributed by atoms with E-state index in [0.29, 0.717) is 0 Å². The molecule has 0 atom stereocenters. The molecule has 0 bridgehead atoms. The molecule has 1 rings (SSSR count). The van der Waals surface area contributed by atoms with Crippen LogP contribution >= 0.6 is 0 Å². The summed E-state index contributed by atoms with van der Waals surface area (Å²) in [6.07, 6.45) is 4.36. The normalized spacial score (nSPS) is 9.29. The Morgan fingerprint density at radius 2 is 2.57 bits per heavy atom. The van der Waals surface area contributed by atoms with Gasteiger partial charge in [-0.15, -0.1) is 5.10 Å². The van der Waals surface area contributed by atoms with Gasteiger partial charge in [0, 0.05) is 0 Å². The molecule has 0 amide bonds. The summed E-state index contributed by atoms with van der Waals surface area (Å²) in [5.74, 6) is 0. The minimum absolute atomic E-state index is 0.684. The molecular weight excluding hydrogens is 97.1 g/mol. The van der Waals surface area contributed by atoms with Gasteiger partial charge in [-0.3, -0.25) is 0 Å². The second kappa shape index (κ2) is 1.68. The molecule has 0 aromatic carbocycles. The van der Waals surface area contributed by atoms with Crippen LogP contribution in [0.1, 0.15) is 0 Å². The summed E-state index contributed by atoms with van der Waals surface area (Å²) >= 11 is 0. The van der Waals surface area contributed by atoms with Gasteiger partial charge in [0.2, 0.25) is 6.33 Å². The molecule has 0 aliphatic carbocycles. The molecule has 0 spiro atoms. The SMILES string of the molecule is FCn1[c]n[c]n1.